The lowest BCUT2D eigenvalue weighted by atomic mass is 10.3. The van der Waals surface area contributed by atoms with Crippen molar-refractivity contribution >= 4 is 6.29 Å². The van der Waals surface area contributed by atoms with E-state index in [4.69, 9.17) is 0 Å². The second-order valence-electron chi connectivity index (χ2n) is 2.03. The smallest absolute Gasteiger partial charge is 0.250 e. The molecule has 0 amide bonds. The molecule has 0 bridgehead atoms. The SMILES string of the molecule is Cn1cc(C=O)ccc1=O. The topological polar surface area (TPSA) is 39.1 Å². The molecule has 0 saturated carbocycles. The fraction of sp³-hybridized carbons (Fsp3) is 0.143. The van der Waals surface area contributed by atoms with Crippen LogP contribution in [0.3, 0.4) is 0 Å². The van der Waals surface area contributed by atoms with Gasteiger partial charge in [0.05, 0.1) is 0 Å². The predicted octanol–water partition coefficient (Wildman–Crippen LogP) is 0.198. The standard InChI is InChI=1S/C7H7NO2/c1-8-4-6(5-9)2-3-7(8)10/h2-5H,1H3. The van der Waals surface area contributed by atoms with Crippen molar-refractivity contribution in [3.63, 3.8) is 0 Å². The molecule has 10 heavy (non-hydrogen) atoms. The summed E-state index contributed by atoms with van der Waals surface area (Å²) in [6, 6.07) is 2.86. The highest BCUT2D eigenvalue weighted by Gasteiger charge is 1.90. The Morgan fingerprint density at radius 3 is 2.70 bits per heavy atom. The van der Waals surface area contributed by atoms with Gasteiger partial charge in [-0.05, 0) is 6.07 Å². The lowest BCUT2D eigenvalue weighted by molar-refractivity contribution is 0.112. The van der Waals surface area contributed by atoms with Crippen LogP contribution in [-0.4, -0.2) is 10.9 Å². The van der Waals surface area contributed by atoms with Crippen LogP contribution in [0.2, 0.25) is 0 Å². The van der Waals surface area contributed by atoms with Crippen molar-refractivity contribution in [2.45, 2.75) is 0 Å². The average molecular weight is 137 g/mol. The zero-order chi connectivity index (χ0) is 7.56. The number of carbonyl (C=O) groups is 1. The zero-order valence-corrected chi connectivity index (χ0v) is 5.57. The van der Waals surface area contributed by atoms with Crippen LogP contribution in [0.15, 0.2) is 23.1 Å². The van der Waals surface area contributed by atoms with E-state index in [-0.39, 0.29) is 5.56 Å². The van der Waals surface area contributed by atoms with Crippen molar-refractivity contribution < 1.29 is 4.79 Å². The van der Waals surface area contributed by atoms with Gasteiger partial charge in [-0.1, -0.05) is 0 Å². The fourth-order valence-corrected chi connectivity index (χ4v) is 0.685. The molecule has 0 fully saturated rings. The lowest BCUT2D eigenvalue weighted by Gasteiger charge is -1.94. The van der Waals surface area contributed by atoms with Crippen LogP contribution < -0.4 is 5.56 Å². The van der Waals surface area contributed by atoms with E-state index in [9.17, 15) is 9.59 Å². The summed E-state index contributed by atoms with van der Waals surface area (Å²) >= 11 is 0. The Labute approximate surface area is 57.9 Å². The minimum atomic E-state index is -0.106. The van der Waals surface area contributed by atoms with Gasteiger partial charge < -0.3 is 4.57 Å². The van der Waals surface area contributed by atoms with E-state index in [1.807, 2.05) is 0 Å². The monoisotopic (exact) mass is 137 g/mol. The molecule has 0 aliphatic carbocycles. The van der Waals surface area contributed by atoms with Crippen molar-refractivity contribution in [3.05, 3.63) is 34.2 Å². The number of aromatic nitrogens is 1. The van der Waals surface area contributed by atoms with Gasteiger partial charge in [0, 0.05) is 24.9 Å². The largest absolute Gasteiger partial charge is 0.318 e. The van der Waals surface area contributed by atoms with Gasteiger partial charge in [0.25, 0.3) is 0 Å². The van der Waals surface area contributed by atoms with Crippen LogP contribution >= 0.6 is 0 Å². The van der Waals surface area contributed by atoms with E-state index in [1.54, 1.807) is 7.05 Å². The van der Waals surface area contributed by atoms with Gasteiger partial charge in [0.1, 0.15) is 0 Å². The third-order valence-electron chi connectivity index (χ3n) is 1.24. The van der Waals surface area contributed by atoms with Crippen LogP contribution in [0, 0.1) is 0 Å². The van der Waals surface area contributed by atoms with Crippen LogP contribution in [0.1, 0.15) is 10.4 Å². The molecular formula is C7H7NO2. The van der Waals surface area contributed by atoms with E-state index in [1.165, 1.54) is 22.9 Å². The first-order chi connectivity index (χ1) is 4.74. The van der Waals surface area contributed by atoms with Crippen molar-refractivity contribution in [3.8, 4) is 0 Å². The molecule has 0 atom stereocenters. The summed E-state index contributed by atoms with van der Waals surface area (Å²) in [5.74, 6) is 0. The van der Waals surface area contributed by atoms with Crippen molar-refractivity contribution in [2.75, 3.05) is 0 Å². The molecule has 0 radical (unpaired) electrons. The number of pyridine rings is 1. The highest BCUT2D eigenvalue weighted by atomic mass is 16.1. The summed E-state index contributed by atoms with van der Waals surface area (Å²) in [6.07, 6.45) is 2.20. The molecule has 0 saturated heterocycles. The first kappa shape index (κ1) is 6.74. The minimum absolute atomic E-state index is 0.106. The van der Waals surface area contributed by atoms with Gasteiger partial charge in [-0.3, -0.25) is 9.59 Å². The van der Waals surface area contributed by atoms with Crippen LogP contribution in [0.25, 0.3) is 0 Å². The summed E-state index contributed by atoms with van der Waals surface area (Å²) in [5.41, 5.74) is 0.410. The highest BCUT2D eigenvalue weighted by Crippen LogP contribution is 1.87. The maximum absolute atomic E-state index is 10.7. The van der Waals surface area contributed by atoms with E-state index in [2.05, 4.69) is 0 Å². The predicted molar refractivity (Wildman–Crippen MR) is 37.1 cm³/mol. The number of hydrogen-bond donors (Lipinski definition) is 0. The molecule has 1 rings (SSSR count). The average Bonchev–Trinajstić information content (AvgIpc) is 1.95. The maximum Gasteiger partial charge on any atom is 0.250 e. The molecule has 3 heteroatoms. The maximum atomic E-state index is 10.7. The third kappa shape index (κ3) is 1.13. The van der Waals surface area contributed by atoms with Gasteiger partial charge >= 0.3 is 0 Å². The molecule has 1 aromatic rings. The highest BCUT2D eigenvalue weighted by molar-refractivity contribution is 5.73. The van der Waals surface area contributed by atoms with Gasteiger partial charge in [0.2, 0.25) is 5.56 Å². The molecule has 0 spiro atoms. The Hall–Kier alpha value is -1.38. The first-order valence-electron chi connectivity index (χ1n) is 2.86. The minimum Gasteiger partial charge on any atom is -0.318 e. The molecule has 0 aromatic carbocycles. The first-order valence-corrected chi connectivity index (χ1v) is 2.86. The Morgan fingerprint density at radius 2 is 2.20 bits per heavy atom. The summed E-state index contributed by atoms with van der Waals surface area (Å²) in [6.45, 7) is 0. The molecular weight excluding hydrogens is 130 g/mol. The van der Waals surface area contributed by atoms with Crippen LogP contribution in [-0.2, 0) is 7.05 Å². The number of rotatable bonds is 1. The molecule has 0 N–H and O–H groups in total. The van der Waals surface area contributed by atoms with Gasteiger partial charge in [0.15, 0.2) is 6.29 Å². The second-order valence-corrected chi connectivity index (χ2v) is 2.03. The summed E-state index contributed by atoms with van der Waals surface area (Å²) < 4.78 is 1.36. The molecule has 0 unspecified atom stereocenters. The van der Waals surface area contributed by atoms with Crippen molar-refractivity contribution in [1.29, 1.82) is 0 Å². The van der Waals surface area contributed by atoms with Crippen molar-refractivity contribution in [2.24, 2.45) is 7.05 Å². The fourth-order valence-electron chi connectivity index (χ4n) is 0.685. The number of aryl methyl sites for hydroxylation is 1. The Bertz CT molecular complexity index is 301. The zero-order valence-electron chi connectivity index (χ0n) is 5.57. The van der Waals surface area contributed by atoms with E-state index < -0.39 is 0 Å². The quantitative estimate of drug-likeness (QED) is 0.518. The molecule has 0 aliphatic rings. The third-order valence-corrected chi connectivity index (χ3v) is 1.24. The van der Waals surface area contributed by atoms with Gasteiger partial charge in [-0.15, -0.1) is 0 Å². The molecule has 3 nitrogen and oxygen atoms in total. The molecule has 1 aromatic heterocycles. The number of nitrogens with zero attached hydrogens (tertiary/aromatic N) is 1. The van der Waals surface area contributed by atoms with E-state index >= 15 is 0 Å². The molecule has 52 valence electrons. The lowest BCUT2D eigenvalue weighted by Crippen LogP contribution is -2.14. The van der Waals surface area contributed by atoms with E-state index in [0.717, 1.165) is 0 Å². The Balaban J connectivity index is 3.29. The van der Waals surface area contributed by atoms with Gasteiger partial charge in [-0.25, -0.2) is 0 Å². The summed E-state index contributed by atoms with van der Waals surface area (Å²) in [7, 11) is 1.61. The van der Waals surface area contributed by atoms with Crippen LogP contribution in [0.4, 0.5) is 0 Å². The molecule has 1 heterocycles. The number of aldehydes is 1. The van der Waals surface area contributed by atoms with Gasteiger partial charge in [-0.2, -0.15) is 0 Å². The molecule has 0 aliphatic heterocycles. The normalized spacial score (nSPS) is 9.30. The Kier molecular flexibility index (Phi) is 1.67. The number of hydrogen-bond acceptors (Lipinski definition) is 2. The summed E-state index contributed by atoms with van der Waals surface area (Å²) in [5, 5.41) is 0. The van der Waals surface area contributed by atoms with E-state index in [0.29, 0.717) is 11.8 Å². The van der Waals surface area contributed by atoms with Crippen molar-refractivity contribution in [1.82, 2.24) is 4.57 Å². The second kappa shape index (κ2) is 2.47. The van der Waals surface area contributed by atoms with Crippen LogP contribution in [0.5, 0.6) is 0 Å². The Morgan fingerprint density at radius 1 is 1.50 bits per heavy atom. The number of carbonyl (C=O) groups excluding carboxylic acids is 1. The summed E-state index contributed by atoms with van der Waals surface area (Å²) in [4.78, 5) is 20.9.